The van der Waals surface area contributed by atoms with Crippen LogP contribution < -0.4 is 5.32 Å². The third-order valence-electron chi connectivity index (χ3n) is 3.20. The standard InChI is InChI=1S/C16H21N3O3/c1-10(2)8-14(20)16(21)17-9-12-4-6-13(7-5-12)15-18-11(3)22-19-15/h4-7,10,14,20H,8-9H2,1-3H3,(H,17,21)/t14-/m0/s1. The fourth-order valence-electron chi connectivity index (χ4n) is 2.05. The van der Waals surface area contributed by atoms with Crippen LogP contribution >= 0.6 is 0 Å². The van der Waals surface area contributed by atoms with Crippen molar-refractivity contribution in [1.82, 2.24) is 15.5 Å². The summed E-state index contributed by atoms with van der Waals surface area (Å²) in [5.41, 5.74) is 1.79. The van der Waals surface area contributed by atoms with Gasteiger partial charge in [0.1, 0.15) is 6.10 Å². The van der Waals surface area contributed by atoms with Gasteiger partial charge in [-0.25, -0.2) is 0 Å². The Morgan fingerprint density at radius 3 is 2.55 bits per heavy atom. The first-order valence-electron chi connectivity index (χ1n) is 7.31. The highest BCUT2D eigenvalue weighted by atomic mass is 16.5. The highest BCUT2D eigenvalue weighted by Crippen LogP contribution is 2.16. The molecule has 0 spiro atoms. The summed E-state index contributed by atoms with van der Waals surface area (Å²) in [6.07, 6.45) is -0.497. The smallest absolute Gasteiger partial charge is 0.249 e. The molecule has 0 saturated carbocycles. The van der Waals surface area contributed by atoms with E-state index in [1.165, 1.54) is 0 Å². The number of benzene rings is 1. The van der Waals surface area contributed by atoms with E-state index in [0.29, 0.717) is 24.7 Å². The van der Waals surface area contributed by atoms with E-state index >= 15 is 0 Å². The molecule has 0 aliphatic rings. The molecule has 0 unspecified atom stereocenters. The largest absolute Gasteiger partial charge is 0.383 e. The van der Waals surface area contributed by atoms with Gasteiger partial charge in [-0.2, -0.15) is 4.98 Å². The van der Waals surface area contributed by atoms with Gasteiger partial charge in [-0.1, -0.05) is 43.3 Å². The summed E-state index contributed by atoms with van der Waals surface area (Å²) >= 11 is 0. The highest BCUT2D eigenvalue weighted by Gasteiger charge is 2.15. The lowest BCUT2D eigenvalue weighted by molar-refractivity contribution is -0.130. The number of nitrogens with one attached hydrogen (secondary N) is 1. The average Bonchev–Trinajstić information content (AvgIpc) is 2.91. The van der Waals surface area contributed by atoms with Crippen molar-refractivity contribution in [2.45, 2.75) is 39.8 Å². The summed E-state index contributed by atoms with van der Waals surface area (Å²) in [4.78, 5) is 15.9. The summed E-state index contributed by atoms with van der Waals surface area (Å²) < 4.78 is 4.94. The molecule has 1 aromatic heterocycles. The van der Waals surface area contributed by atoms with Gasteiger partial charge in [0, 0.05) is 19.0 Å². The number of aliphatic hydroxyl groups is 1. The number of hydrogen-bond acceptors (Lipinski definition) is 5. The van der Waals surface area contributed by atoms with Crippen molar-refractivity contribution in [1.29, 1.82) is 0 Å². The molecular weight excluding hydrogens is 282 g/mol. The Morgan fingerprint density at radius 1 is 1.32 bits per heavy atom. The second kappa shape index (κ2) is 7.17. The minimum absolute atomic E-state index is 0.276. The van der Waals surface area contributed by atoms with Crippen LogP contribution in [0.4, 0.5) is 0 Å². The van der Waals surface area contributed by atoms with Gasteiger partial charge in [0.15, 0.2) is 0 Å². The van der Waals surface area contributed by atoms with E-state index in [4.69, 9.17) is 4.52 Å². The molecule has 6 nitrogen and oxygen atoms in total. The molecule has 22 heavy (non-hydrogen) atoms. The summed E-state index contributed by atoms with van der Waals surface area (Å²) in [6, 6.07) is 7.51. The van der Waals surface area contributed by atoms with Crippen LogP contribution in [0.2, 0.25) is 0 Å². The number of amides is 1. The van der Waals surface area contributed by atoms with Crippen LogP contribution in [-0.4, -0.2) is 27.3 Å². The summed E-state index contributed by atoms with van der Waals surface area (Å²) in [5, 5.41) is 16.3. The third kappa shape index (κ3) is 4.39. The summed E-state index contributed by atoms with van der Waals surface area (Å²) in [7, 11) is 0. The average molecular weight is 303 g/mol. The molecule has 1 heterocycles. The van der Waals surface area contributed by atoms with Crippen LogP contribution in [0.25, 0.3) is 11.4 Å². The first kappa shape index (κ1) is 16.2. The number of aryl methyl sites for hydroxylation is 1. The minimum Gasteiger partial charge on any atom is -0.383 e. The lowest BCUT2D eigenvalue weighted by Crippen LogP contribution is -2.34. The maximum Gasteiger partial charge on any atom is 0.249 e. The van der Waals surface area contributed by atoms with E-state index < -0.39 is 6.10 Å². The van der Waals surface area contributed by atoms with Crippen molar-refractivity contribution in [2.75, 3.05) is 0 Å². The van der Waals surface area contributed by atoms with Crippen molar-refractivity contribution in [3.05, 3.63) is 35.7 Å². The topological polar surface area (TPSA) is 88.2 Å². The number of aromatic nitrogens is 2. The minimum atomic E-state index is -0.957. The highest BCUT2D eigenvalue weighted by molar-refractivity contribution is 5.80. The molecule has 0 radical (unpaired) electrons. The Kier molecular flexibility index (Phi) is 5.27. The molecule has 0 fully saturated rings. The van der Waals surface area contributed by atoms with Crippen molar-refractivity contribution in [3.63, 3.8) is 0 Å². The van der Waals surface area contributed by atoms with Gasteiger partial charge in [0.25, 0.3) is 0 Å². The predicted octanol–water partition coefficient (Wildman–Crippen LogP) is 2.07. The van der Waals surface area contributed by atoms with E-state index in [1.807, 2.05) is 38.1 Å². The molecule has 2 aromatic rings. The van der Waals surface area contributed by atoms with Crippen molar-refractivity contribution >= 4 is 5.91 Å². The Morgan fingerprint density at radius 2 is 2.00 bits per heavy atom. The molecule has 0 aliphatic heterocycles. The molecular formula is C16H21N3O3. The molecule has 6 heteroatoms. The Labute approximate surface area is 129 Å². The van der Waals surface area contributed by atoms with Gasteiger partial charge >= 0.3 is 0 Å². The number of nitrogens with zero attached hydrogens (tertiary/aromatic N) is 2. The van der Waals surface area contributed by atoms with Crippen molar-refractivity contribution in [3.8, 4) is 11.4 Å². The second-order valence-electron chi connectivity index (χ2n) is 5.70. The normalized spacial score (nSPS) is 12.4. The quantitative estimate of drug-likeness (QED) is 0.853. The molecule has 0 bridgehead atoms. The van der Waals surface area contributed by atoms with Crippen LogP contribution in [-0.2, 0) is 11.3 Å². The monoisotopic (exact) mass is 303 g/mol. The van der Waals surface area contributed by atoms with Crippen LogP contribution in [0.1, 0.15) is 31.7 Å². The zero-order valence-electron chi connectivity index (χ0n) is 13.0. The number of carbonyl (C=O) groups excluding carboxylic acids is 1. The van der Waals surface area contributed by atoms with Gasteiger partial charge in [0.05, 0.1) is 0 Å². The van der Waals surface area contributed by atoms with Crippen LogP contribution in [0.3, 0.4) is 0 Å². The molecule has 2 rings (SSSR count). The zero-order chi connectivity index (χ0) is 16.1. The van der Waals surface area contributed by atoms with E-state index in [9.17, 15) is 9.90 Å². The van der Waals surface area contributed by atoms with E-state index in [1.54, 1.807) is 6.92 Å². The second-order valence-corrected chi connectivity index (χ2v) is 5.70. The SMILES string of the molecule is Cc1nc(-c2ccc(CNC(=O)[C@@H](O)CC(C)C)cc2)no1. The number of carbonyl (C=O) groups is 1. The van der Waals surface area contributed by atoms with E-state index in [2.05, 4.69) is 15.5 Å². The van der Waals surface area contributed by atoms with Gasteiger partial charge < -0.3 is 14.9 Å². The van der Waals surface area contributed by atoms with Crippen molar-refractivity contribution in [2.24, 2.45) is 5.92 Å². The Balaban J connectivity index is 1.90. The molecule has 1 amide bonds. The number of rotatable bonds is 6. The van der Waals surface area contributed by atoms with Gasteiger partial charge in [0.2, 0.25) is 17.6 Å². The Bertz CT molecular complexity index is 620. The van der Waals surface area contributed by atoms with Crippen molar-refractivity contribution < 1.29 is 14.4 Å². The first-order valence-corrected chi connectivity index (χ1v) is 7.31. The van der Waals surface area contributed by atoms with Crippen LogP contribution in [0.15, 0.2) is 28.8 Å². The van der Waals surface area contributed by atoms with Gasteiger partial charge in [-0.05, 0) is 17.9 Å². The predicted molar refractivity (Wildman–Crippen MR) is 81.8 cm³/mol. The number of aliphatic hydroxyl groups excluding tert-OH is 1. The fraction of sp³-hybridized carbons (Fsp3) is 0.438. The molecule has 0 saturated heterocycles. The zero-order valence-corrected chi connectivity index (χ0v) is 13.0. The van der Waals surface area contributed by atoms with Crippen LogP contribution in [0, 0.1) is 12.8 Å². The Hall–Kier alpha value is -2.21. The van der Waals surface area contributed by atoms with E-state index in [0.717, 1.165) is 11.1 Å². The summed E-state index contributed by atoms with van der Waals surface area (Å²) in [5.74, 6) is 0.996. The summed E-state index contributed by atoms with van der Waals surface area (Å²) in [6.45, 7) is 6.05. The molecule has 0 aliphatic carbocycles. The molecule has 1 aromatic carbocycles. The van der Waals surface area contributed by atoms with E-state index in [-0.39, 0.29) is 11.8 Å². The maximum atomic E-state index is 11.7. The lowest BCUT2D eigenvalue weighted by atomic mass is 10.1. The van der Waals surface area contributed by atoms with Crippen LogP contribution in [0.5, 0.6) is 0 Å². The third-order valence-corrected chi connectivity index (χ3v) is 3.20. The fourth-order valence-corrected chi connectivity index (χ4v) is 2.05. The van der Waals surface area contributed by atoms with Gasteiger partial charge in [-0.15, -0.1) is 0 Å². The molecule has 1 atom stereocenters. The molecule has 2 N–H and O–H groups in total. The first-order chi connectivity index (χ1) is 10.5. The van der Waals surface area contributed by atoms with Gasteiger partial charge in [-0.3, -0.25) is 4.79 Å². The number of hydrogen-bond donors (Lipinski definition) is 2. The lowest BCUT2D eigenvalue weighted by Gasteiger charge is -2.13. The maximum absolute atomic E-state index is 11.7. The molecule has 118 valence electrons.